The van der Waals surface area contributed by atoms with Gasteiger partial charge in [0.25, 0.3) is 0 Å². The Morgan fingerprint density at radius 2 is 1.72 bits per heavy atom. The number of carbonyl (C=O) groups excluding carboxylic acids is 3. The van der Waals surface area contributed by atoms with E-state index in [4.69, 9.17) is 9.47 Å². The predicted octanol–water partition coefficient (Wildman–Crippen LogP) is 3.27. The van der Waals surface area contributed by atoms with Crippen molar-refractivity contribution in [1.29, 1.82) is 0 Å². The molecule has 3 aliphatic carbocycles. The lowest BCUT2D eigenvalue weighted by Crippen LogP contribution is -2.78. The third kappa shape index (κ3) is 3.82. The number of Topliss-reactive ketones (excluding diaryl/α,β-unsaturated/α-hetero) is 1. The van der Waals surface area contributed by atoms with Crippen LogP contribution < -0.4 is 5.32 Å². The zero-order chi connectivity index (χ0) is 20.9. The fraction of sp³-hybridized carbons (Fsp3) is 0.591. The normalized spacial score (nSPS) is 27.8. The molecule has 0 unspecified atom stereocenters. The summed E-state index contributed by atoms with van der Waals surface area (Å²) in [7, 11) is 0. The van der Waals surface area contributed by atoms with E-state index in [0.29, 0.717) is 32.4 Å². The summed E-state index contributed by atoms with van der Waals surface area (Å²) in [6, 6.07) is 9.52. The highest BCUT2D eigenvalue weighted by Gasteiger charge is 2.73. The van der Waals surface area contributed by atoms with Gasteiger partial charge in [-0.1, -0.05) is 30.3 Å². The Kier molecular flexibility index (Phi) is 4.59. The maximum Gasteiger partial charge on any atom is 0.410 e. The minimum absolute atomic E-state index is 0.120. The monoisotopic (exact) mass is 400 g/mol. The highest BCUT2D eigenvalue weighted by molar-refractivity contribution is 5.93. The van der Waals surface area contributed by atoms with Gasteiger partial charge in [-0.15, -0.1) is 0 Å². The topological polar surface area (TPSA) is 84.9 Å². The fourth-order valence-electron chi connectivity index (χ4n) is 4.71. The molecule has 0 aromatic heterocycles. The van der Waals surface area contributed by atoms with Gasteiger partial charge in [-0.2, -0.15) is 0 Å². The Morgan fingerprint density at radius 1 is 1.10 bits per heavy atom. The van der Waals surface area contributed by atoms with Gasteiger partial charge < -0.3 is 19.7 Å². The second-order valence-electron chi connectivity index (χ2n) is 9.72. The number of amides is 2. The molecule has 7 nitrogen and oxygen atoms in total. The van der Waals surface area contributed by atoms with E-state index >= 15 is 0 Å². The second-order valence-corrected chi connectivity index (χ2v) is 9.72. The lowest BCUT2D eigenvalue weighted by atomic mass is 9.37. The van der Waals surface area contributed by atoms with Gasteiger partial charge in [0.2, 0.25) is 0 Å². The molecule has 5 rings (SSSR count). The molecule has 1 N–H and O–H groups in total. The Bertz CT molecular complexity index is 804. The summed E-state index contributed by atoms with van der Waals surface area (Å²) in [6.07, 6.45) is 1.21. The molecule has 4 fully saturated rings. The molecule has 156 valence electrons. The molecule has 1 aromatic carbocycles. The van der Waals surface area contributed by atoms with Crippen LogP contribution in [0.5, 0.6) is 0 Å². The average Bonchev–Trinajstić information content (AvgIpc) is 2.52. The van der Waals surface area contributed by atoms with Gasteiger partial charge in [0, 0.05) is 24.0 Å². The van der Waals surface area contributed by atoms with E-state index < -0.39 is 11.7 Å². The van der Waals surface area contributed by atoms with E-state index in [2.05, 4.69) is 5.32 Å². The van der Waals surface area contributed by atoms with Crippen molar-refractivity contribution >= 4 is 18.0 Å². The highest BCUT2D eigenvalue weighted by atomic mass is 16.6. The van der Waals surface area contributed by atoms with Crippen molar-refractivity contribution in [3.8, 4) is 0 Å². The molecule has 0 spiro atoms. The molecule has 3 saturated carbocycles. The minimum Gasteiger partial charge on any atom is -0.445 e. The molecule has 4 aliphatic rings. The summed E-state index contributed by atoms with van der Waals surface area (Å²) >= 11 is 0. The van der Waals surface area contributed by atoms with Crippen LogP contribution in [-0.4, -0.2) is 47.1 Å². The summed E-state index contributed by atoms with van der Waals surface area (Å²) in [4.78, 5) is 38.5. The molecule has 1 saturated heterocycles. The largest absolute Gasteiger partial charge is 0.445 e. The molecule has 0 radical (unpaired) electrons. The fourth-order valence-corrected chi connectivity index (χ4v) is 4.71. The maximum absolute atomic E-state index is 12.8. The van der Waals surface area contributed by atoms with Crippen LogP contribution in [0.25, 0.3) is 0 Å². The lowest BCUT2D eigenvalue weighted by molar-refractivity contribution is -0.184. The summed E-state index contributed by atoms with van der Waals surface area (Å²) in [6.45, 7) is 6.56. The van der Waals surface area contributed by atoms with Gasteiger partial charge in [0.1, 0.15) is 18.0 Å². The van der Waals surface area contributed by atoms with E-state index in [-0.39, 0.29) is 35.4 Å². The number of benzene rings is 1. The van der Waals surface area contributed by atoms with Crippen LogP contribution >= 0.6 is 0 Å². The molecule has 29 heavy (non-hydrogen) atoms. The predicted molar refractivity (Wildman–Crippen MR) is 105 cm³/mol. The Morgan fingerprint density at radius 3 is 2.31 bits per heavy atom. The third-order valence-corrected chi connectivity index (χ3v) is 6.04. The SMILES string of the molecule is CC(C)(C)OC(=O)N1CC(C(=O)C23CC(NC(=O)OCc4ccccc4)(C2)C3)C1. The number of nitrogens with one attached hydrogen (secondary N) is 1. The molecule has 2 bridgehead atoms. The zero-order valence-electron chi connectivity index (χ0n) is 17.2. The van der Waals surface area contributed by atoms with E-state index in [9.17, 15) is 14.4 Å². The van der Waals surface area contributed by atoms with Gasteiger partial charge >= 0.3 is 12.2 Å². The number of carbonyl (C=O) groups is 3. The molecule has 0 atom stereocenters. The van der Waals surface area contributed by atoms with E-state index in [0.717, 1.165) is 5.56 Å². The summed E-state index contributed by atoms with van der Waals surface area (Å²) in [5.74, 6) is 0.101. The molecular formula is C22H28N2O5. The van der Waals surface area contributed by atoms with Crippen molar-refractivity contribution in [3.63, 3.8) is 0 Å². The molecule has 1 aromatic rings. The van der Waals surface area contributed by atoms with Gasteiger partial charge in [0.05, 0.1) is 5.92 Å². The number of rotatable bonds is 5. The van der Waals surface area contributed by atoms with Crippen LogP contribution in [0.1, 0.15) is 45.6 Å². The standard InChI is InChI=1S/C22H28N2O5/c1-20(2,3)29-19(27)24-9-16(10-24)17(25)21-12-22(13-21,14-21)23-18(26)28-11-15-7-5-4-6-8-15/h4-8,16H,9-14H2,1-3H3,(H,23,26). The minimum atomic E-state index is -0.535. The number of ether oxygens (including phenoxy) is 2. The number of hydrogen-bond acceptors (Lipinski definition) is 5. The molecule has 1 heterocycles. The Labute approximate surface area is 170 Å². The van der Waals surface area contributed by atoms with Crippen LogP contribution in [0.4, 0.5) is 9.59 Å². The molecule has 7 heteroatoms. The summed E-state index contributed by atoms with van der Waals surface area (Å²) in [5, 5.41) is 2.94. The first-order valence-electron chi connectivity index (χ1n) is 10.1. The maximum atomic E-state index is 12.8. The van der Waals surface area contributed by atoms with Crippen LogP contribution in [0.2, 0.25) is 0 Å². The van der Waals surface area contributed by atoms with E-state index in [1.54, 1.807) is 4.90 Å². The average molecular weight is 400 g/mol. The van der Waals surface area contributed by atoms with Crippen LogP contribution in [-0.2, 0) is 20.9 Å². The molecule has 2 amide bonds. The number of likely N-dealkylation sites (tertiary alicyclic amines) is 1. The quantitative estimate of drug-likeness (QED) is 0.820. The van der Waals surface area contributed by atoms with Crippen molar-refractivity contribution in [2.24, 2.45) is 11.3 Å². The smallest absolute Gasteiger partial charge is 0.410 e. The number of hydrogen-bond donors (Lipinski definition) is 1. The van der Waals surface area contributed by atoms with Gasteiger partial charge in [-0.3, -0.25) is 4.79 Å². The Balaban J connectivity index is 1.19. The third-order valence-electron chi connectivity index (χ3n) is 6.04. The van der Waals surface area contributed by atoms with Crippen LogP contribution in [0.3, 0.4) is 0 Å². The highest BCUT2D eigenvalue weighted by Crippen LogP contribution is 2.68. The van der Waals surface area contributed by atoms with Crippen molar-refractivity contribution in [2.45, 2.75) is 57.8 Å². The molecule has 1 aliphatic heterocycles. The second kappa shape index (κ2) is 6.75. The van der Waals surface area contributed by atoms with E-state index in [1.165, 1.54) is 0 Å². The van der Waals surface area contributed by atoms with Crippen molar-refractivity contribution in [3.05, 3.63) is 35.9 Å². The lowest BCUT2D eigenvalue weighted by Gasteiger charge is -2.70. The van der Waals surface area contributed by atoms with Gasteiger partial charge in [-0.25, -0.2) is 9.59 Å². The van der Waals surface area contributed by atoms with Crippen molar-refractivity contribution in [2.75, 3.05) is 13.1 Å². The number of alkyl carbamates (subject to hydrolysis) is 1. The summed E-state index contributed by atoms with van der Waals surface area (Å²) < 4.78 is 10.6. The van der Waals surface area contributed by atoms with Crippen molar-refractivity contribution < 1.29 is 23.9 Å². The first-order valence-corrected chi connectivity index (χ1v) is 10.1. The van der Waals surface area contributed by atoms with E-state index in [1.807, 2.05) is 51.1 Å². The zero-order valence-corrected chi connectivity index (χ0v) is 17.2. The Hall–Kier alpha value is -2.57. The number of ketones is 1. The number of nitrogens with zero attached hydrogens (tertiary/aromatic N) is 1. The first-order chi connectivity index (χ1) is 13.6. The van der Waals surface area contributed by atoms with Crippen LogP contribution in [0.15, 0.2) is 30.3 Å². The van der Waals surface area contributed by atoms with Crippen molar-refractivity contribution in [1.82, 2.24) is 10.2 Å². The van der Waals surface area contributed by atoms with Crippen LogP contribution in [0, 0.1) is 11.3 Å². The van der Waals surface area contributed by atoms with Gasteiger partial charge in [0.15, 0.2) is 0 Å². The summed E-state index contributed by atoms with van der Waals surface area (Å²) in [5.41, 5.74) is -0.214. The first kappa shape index (κ1) is 19.7. The van der Waals surface area contributed by atoms with Gasteiger partial charge in [-0.05, 0) is 45.6 Å². The molecular weight excluding hydrogens is 372 g/mol.